The molecule has 32 heavy (non-hydrogen) atoms. The maximum atomic E-state index is 13.2. The number of carbonyl (C=O) groups excluding carboxylic acids is 2. The number of piperidine rings is 1. The number of amides is 2. The van der Waals surface area contributed by atoms with E-state index in [4.69, 9.17) is 4.74 Å². The largest absolute Gasteiger partial charge is 0.376 e. The van der Waals surface area contributed by atoms with Crippen LogP contribution < -0.4 is 15.5 Å². The van der Waals surface area contributed by atoms with Gasteiger partial charge in [0.05, 0.1) is 17.2 Å². The van der Waals surface area contributed by atoms with Gasteiger partial charge in [-0.2, -0.15) is 0 Å². The van der Waals surface area contributed by atoms with Gasteiger partial charge in [-0.25, -0.2) is 0 Å². The number of benzene rings is 2. The van der Waals surface area contributed by atoms with Crippen molar-refractivity contribution >= 4 is 39.1 Å². The Kier molecular flexibility index (Phi) is 7.48. The van der Waals surface area contributed by atoms with Gasteiger partial charge in [0.1, 0.15) is 0 Å². The molecule has 0 aliphatic carbocycles. The average molecular weight is 500 g/mol. The minimum Gasteiger partial charge on any atom is -0.376 e. The molecule has 2 N–H and O–H groups in total. The predicted octanol–water partition coefficient (Wildman–Crippen LogP) is 4.85. The minimum atomic E-state index is -0.220. The molecule has 2 aliphatic rings. The molecular formula is C25H30BrN3O3. The molecule has 0 aromatic heterocycles. The molecule has 6 nitrogen and oxygen atoms in total. The van der Waals surface area contributed by atoms with Gasteiger partial charge in [0.2, 0.25) is 0 Å². The van der Waals surface area contributed by atoms with Crippen LogP contribution in [-0.4, -0.2) is 44.2 Å². The van der Waals surface area contributed by atoms with E-state index in [1.54, 1.807) is 12.1 Å². The molecule has 2 aromatic rings. The van der Waals surface area contributed by atoms with Crippen molar-refractivity contribution in [2.45, 2.75) is 38.7 Å². The lowest BCUT2D eigenvalue weighted by Gasteiger charge is -2.33. The lowest BCUT2D eigenvalue weighted by atomic mass is 9.97. The first-order chi connectivity index (χ1) is 15.5. The molecule has 0 spiro atoms. The van der Waals surface area contributed by atoms with Crippen LogP contribution in [0.15, 0.2) is 46.9 Å². The van der Waals surface area contributed by atoms with Crippen LogP contribution in [-0.2, 0) is 4.74 Å². The SMILES string of the molecule is CC1CCN(c2ccc(NC(=O)c3ccccc3Br)cc2C(=O)NCC2CCCO2)CC1. The molecule has 0 bridgehead atoms. The summed E-state index contributed by atoms with van der Waals surface area (Å²) in [5.41, 5.74) is 2.65. The highest BCUT2D eigenvalue weighted by Crippen LogP contribution is 2.29. The maximum Gasteiger partial charge on any atom is 0.256 e. The summed E-state index contributed by atoms with van der Waals surface area (Å²) < 4.78 is 6.38. The van der Waals surface area contributed by atoms with Gasteiger partial charge in [-0.15, -0.1) is 0 Å². The Balaban J connectivity index is 1.55. The number of nitrogens with one attached hydrogen (secondary N) is 2. The van der Waals surface area contributed by atoms with Crippen molar-refractivity contribution in [1.82, 2.24) is 5.32 Å². The Hall–Kier alpha value is -2.38. The van der Waals surface area contributed by atoms with Crippen molar-refractivity contribution in [1.29, 1.82) is 0 Å². The topological polar surface area (TPSA) is 70.7 Å². The molecule has 2 aromatic carbocycles. The smallest absolute Gasteiger partial charge is 0.256 e. The summed E-state index contributed by atoms with van der Waals surface area (Å²) in [5, 5.41) is 5.98. The second-order valence-electron chi connectivity index (χ2n) is 8.68. The molecule has 2 fully saturated rings. The molecule has 0 saturated carbocycles. The van der Waals surface area contributed by atoms with Gasteiger partial charge < -0.3 is 20.3 Å². The van der Waals surface area contributed by atoms with Crippen molar-refractivity contribution in [2.24, 2.45) is 5.92 Å². The Morgan fingerprint density at radius 1 is 1.06 bits per heavy atom. The van der Waals surface area contributed by atoms with E-state index in [9.17, 15) is 9.59 Å². The summed E-state index contributed by atoms with van der Waals surface area (Å²) in [7, 11) is 0. The highest BCUT2D eigenvalue weighted by Gasteiger charge is 2.23. The number of carbonyl (C=O) groups is 2. The van der Waals surface area contributed by atoms with Gasteiger partial charge in [-0.3, -0.25) is 9.59 Å². The molecule has 170 valence electrons. The quantitative estimate of drug-likeness (QED) is 0.595. The van der Waals surface area contributed by atoms with Gasteiger partial charge in [0, 0.05) is 42.1 Å². The summed E-state index contributed by atoms with van der Waals surface area (Å²) in [6.07, 6.45) is 4.30. The number of hydrogen-bond donors (Lipinski definition) is 2. The Labute approximate surface area is 197 Å². The fraction of sp³-hybridized carbons (Fsp3) is 0.440. The molecule has 7 heteroatoms. The zero-order valence-electron chi connectivity index (χ0n) is 18.4. The van der Waals surface area contributed by atoms with Gasteiger partial charge in [-0.05, 0) is 77.9 Å². The molecule has 2 amide bonds. The minimum absolute atomic E-state index is 0.0801. The highest BCUT2D eigenvalue weighted by molar-refractivity contribution is 9.10. The van der Waals surface area contributed by atoms with Crippen LogP contribution in [0.3, 0.4) is 0 Å². The van der Waals surface area contributed by atoms with Crippen LogP contribution in [0.2, 0.25) is 0 Å². The molecule has 4 rings (SSSR count). The van der Waals surface area contributed by atoms with Crippen LogP contribution >= 0.6 is 15.9 Å². The Morgan fingerprint density at radius 2 is 1.84 bits per heavy atom. The van der Waals surface area contributed by atoms with Crippen LogP contribution in [0.25, 0.3) is 0 Å². The Bertz CT molecular complexity index is 967. The number of halogens is 1. The molecule has 2 aliphatic heterocycles. The van der Waals surface area contributed by atoms with E-state index in [1.165, 1.54) is 0 Å². The first-order valence-corrected chi connectivity index (χ1v) is 12.1. The van der Waals surface area contributed by atoms with Crippen molar-refractivity contribution in [3.8, 4) is 0 Å². The number of hydrogen-bond acceptors (Lipinski definition) is 4. The predicted molar refractivity (Wildman–Crippen MR) is 130 cm³/mol. The van der Waals surface area contributed by atoms with Crippen LogP contribution in [0.4, 0.5) is 11.4 Å². The van der Waals surface area contributed by atoms with Crippen LogP contribution in [0.1, 0.15) is 53.3 Å². The number of anilines is 2. The molecule has 1 unspecified atom stereocenters. The zero-order chi connectivity index (χ0) is 22.5. The fourth-order valence-corrected chi connectivity index (χ4v) is 4.74. The third-order valence-electron chi connectivity index (χ3n) is 6.26. The van der Waals surface area contributed by atoms with Crippen LogP contribution in [0.5, 0.6) is 0 Å². The van der Waals surface area contributed by atoms with Crippen LogP contribution in [0, 0.1) is 5.92 Å². The number of ether oxygens (including phenoxy) is 1. The number of nitrogens with zero attached hydrogens (tertiary/aromatic N) is 1. The van der Waals surface area contributed by atoms with E-state index >= 15 is 0 Å². The van der Waals surface area contributed by atoms with Gasteiger partial charge in [-0.1, -0.05) is 19.1 Å². The molecule has 2 saturated heterocycles. The third-order valence-corrected chi connectivity index (χ3v) is 6.95. The third kappa shape index (κ3) is 5.51. The normalized spacial score (nSPS) is 19.1. The van der Waals surface area contributed by atoms with Crippen molar-refractivity contribution in [3.05, 3.63) is 58.1 Å². The second kappa shape index (κ2) is 10.5. The first-order valence-electron chi connectivity index (χ1n) is 11.4. The summed E-state index contributed by atoms with van der Waals surface area (Å²) in [6.45, 7) is 5.38. The standard InChI is InChI=1S/C25H30BrN3O3/c1-17-10-12-29(13-11-17)23-9-8-18(28-25(31)20-6-2-3-7-22(20)26)15-21(23)24(30)27-16-19-5-4-14-32-19/h2-3,6-9,15,17,19H,4-5,10-14,16H2,1H3,(H,27,30)(H,28,31). The Morgan fingerprint density at radius 3 is 2.56 bits per heavy atom. The lowest BCUT2D eigenvalue weighted by Crippen LogP contribution is -2.36. The monoisotopic (exact) mass is 499 g/mol. The van der Waals surface area contributed by atoms with E-state index < -0.39 is 0 Å². The van der Waals surface area contributed by atoms with E-state index in [2.05, 4.69) is 38.4 Å². The van der Waals surface area contributed by atoms with Crippen molar-refractivity contribution in [2.75, 3.05) is 36.5 Å². The summed E-state index contributed by atoms with van der Waals surface area (Å²) in [5.74, 6) is 0.347. The van der Waals surface area contributed by atoms with Gasteiger partial charge >= 0.3 is 0 Å². The zero-order valence-corrected chi connectivity index (χ0v) is 20.0. The number of rotatable bonds is 6. The second-order valence-corrected chi connectivity index (χ2v) is 9.53. The first kappa shape index (κ1) is 22.8. The average Bonchev–Trinajstić information content (AvgIpc) is 3.32. The van der Waals surface area contributed by atoms with E-state index in [0.717, 1.165) is 55.5 Å². The molecular weight excluding hydrogens is 470 g/mol. The molecule has 0 radical (unpaired) electrons. The van der Waals surface area contributed by atoms with E-state index in [1.807, 2.05) is 30.3 Å². The summed E-state index contributed by atoms with van der Waals surface area (Å²) >= 11 is 3.43. The summed E-state index contributed by atoms with van der Waals surface area (Å²) in [4.78, 5) is 28.2. The highest BCUT2D eigenvalue weighted by atomic mass is 79.9. The molecule has 2 heterocycles. The van der Waals surface area contributed by atoms with Crippen molar-refractivity contribution in [3.63, 3.8) is 0 Å². The molecule has 1 atom stereocenters. The van der Waals surface area contributed by atoms with Gasteiger partial charge in [0.25, 0.3) is 11.8 Å². The van der Waals surface area contributed by atoms with E-state index in [0.29, 0.717) is 29.3 Å². The maximum absolute atomic E-state index is 13.2. The van der Waals surface area contributed by atoms with Gasteiger partial charge in [0.15, 0.2) is 0 Å². The van der Waals surface area contributed by atoms with Crippen molar-refractivity contribution < 1.29 is 14.3 Å². The fourth-order valence-electron chi connectivity index (χ4n) is 4.27. The van der Waals surface area contributed by atoms with E-state index in [-0.39, 0.29) is 17.9 Å². The summed E-state index contributed by atoms with van der Waals surface area (Å²) in [6, 6.07) is 12.9. The lowest BCUT2D eigenvalue weighted by molar-refractivity contribution is 0.0858.